The van der Waals surface area contributed by atoms with Gasteiger partial charge in [0.2, 0.25) is 0 Å². The molecule has 0 unspecified atom stereocenters. The first-order valence-corrected chi connectivity index (χ1v) is 7.01. The van der Waals surface area contributed by atoms with E-state index in [-0.39, 0.29) is 0 Å². The summed E-state index contributed by atoms with van der Waals surface area (Å²) in [6.45, 7) is 2.96. The third-order valence-electron chi connectivity index (χ3n) is 2.31. The van der Waals surface area contributed by atoms with Gasteiger partial charge in [0.1, 0.15) is 9.88 Å². The molecule has 7 heteroatoms. The molecule has 0 aliphatic carbocycles. The topological polar surface area (TPSA) is 58.0 Å². The van der Waals surface area contributed by atoms with Crippen LogP contribution in [0.25, 0.3) is 10.8 Å². The van der Waals surface area contributed by atoms with Gasteiger partial charge in [0, 0.05) is 6.54 Å². The molecular weight excluding hydrogens is 268 g/mol. The highest BCUT2D eigenvalue weighted by molar-refractivity contribution is 7.71. The number of aromatic nitrogens is 3. The van der Waals surface area contributed by atoms with Crippen LogP contribution in [0.15, 0.2) is 4.42 Å². The molecule has 0 bridgehead atoms. The number of rotatable bonds is 5. The molecule has 0 radical (unpaired) electrons. The summed E-state index contributed by atoms with van der Waals surface area (Å²) in [5.41, 5.74) is 1.05. The Bertz CT molecular complexity index is 570. The van der Waals surface area contributed by atoms with Crippen molar-refractivity contribution in [3.8, 4) is 10.8 Å². The van der Waals surface area contributed by atoms with E-state index in [9.17, 15) is 0 Å². The number of aromatic amines is 1. The third kappa shape index (κ3) is 3.04. The zero-order valence-electron chi connectivity index (χ0n) is 10.7. The van der Waals surface area contributed by atoms with Gasteiger partial charge in [-0.1, -0.05) is 13.3 Å². The monoisotopic (exact) mass is 284 g/mol. The molecule has 2 heterocycles. The van der Waals surface area contributed by atoms with Crippen LogP contribution in [0, 0.1) is 4.84 Å². The molecule has 2 aromatic rings. The van der Waals surface area contributed by atoms with Crippen molar-refractivity contribution in [3.63, 3.8) is 0 Å². The summed E-state index contributed by atoms with van der Waals surface area (Å²) in [7, 11) is 4.06. The quantitative estimate of drug-likeness (QED) is 0.856. The molecule has 2 rings (SSSR count). The first-order chi connectivity index (χ1) is 8.60. The Kier molecular flexibility index (Phi) is 4.26. The van der Waals surface area contributed by atoms with Crippen LogP contribution in [0.1, 0.15) is 24.0 Å². The van der Waals surface area contributed by atoms with E-state index in [2.05, 4.69) is 27.0 Å². The van der Waals surface area contributed by atoms with E-state index in [1.807, 2.05) is 14.1 Å². The maximum absolute atomic E-state index is 5.38. The van der Waals surface area contributed by atoms with Crippen molar-refractivity contribution >= 4 is 23.6 Å². The van der Waals surface area contributed by atoms with Gasteiger partial charge < -0.3 is 9.32 Å². The molecule has 0 spiro atoms. The Morgan fingerprint density at radius 3 is 2.78 bits per heavy atom. The summed E-state index contributed by atoms with van der Waals surface area (Å²) >= 11 is 6.53. The van der Waals surface area contributed by atoms with E-state index in [4.69, 9.17) is 16.6 Å². The number of hydrogen-bond donors (Lipinski definition) is 1. The fourth-order valence-electron chi connectivity index (χ4n) is 1.64. The highest BCUT2D eigenvalue weighted by Gasteiger charge is 2.16. The van der Waals surface area contributed by atoms with Crippen molar-refractivity contribution in [1.82, 2.24) is 20.1 Å². The smallest absolute Gasteiger partial charge is 0.284 e. The second-order valence-corrected chi connectivity index (χ2v) is 5.74. The van der Waals surface area contributed by atoms with E-state index in [1.165, 1.54) is 0 Å². The molecule has 98 valence electrons. The SMILES string of the molecule is CCCc1nc(CN(C)C)sc1-c1n[nH]c(=S)o1. The molecule has 2 aromatic heterocycles. The van der Waals surface area contributed by atoms with Gasteiger partial charge in [0.15, 0.2) is 0 Å². The van der Waals surface area contributed by atoms with E-state index in [0.29, 0.717) is 10.7 Å². The van der Waals surface area contributed by atoms with Gasteiger partial charge in [-0.15, -0.1) is 16.4 Å². The molecule has 5 nitrogen and oxygen atoms in total. The van der Waals surface area contributed by atoms with Crippen LogP contribution in [-0.4, -0.2) is 34.2 Å². The van der Waals surface area contributed by atoms with Gasteiger partial charge in [0.25, 0.3) is 10.7 Å². The van der Waals surface area contributed by atoms with Crippen LogP contribution in [0.3, 0.4) is 0 Å². The van der Waals surface area contributed by atoms with Crippen molar-refractivity contribution in [2.24, 2.45) is 0 Å². The van der Waals surface area contributed by atoms with Gasteiger partial charge in [0.05, 0.1) is 5.69 Å². The summed E-state index contributed by atoms with van der Waals surface area (Å²) in [5, 5.41) is 7.81. The molecule has 0 fully saturated rings. The van der Waals surface area contributed by atoms with Gasteiger partial charge >= 0.3 is 0 Å². The van der Waals surface area contributed by atoms with Crippen molar-refractivity contribution in [3.05, 3.63) is 15.5 Å². The molecule has 0 saturated heterocycles. The normalized spacial score (nSPS) is 11.3. The number of thiazole rings is 1. The fourth-order valence-corrected chi connectivity index (χ4v) is 2.92. The highest BCUT2D eigenvalue weighted by atomic mass is 32.1. The molecule has 0 aliphatic heterocycles. The Morgan fingerprint density at radius 1 is 1.44 bits per heavy atom. The number of H-pyrrole nitrogens is 1. The molecule has 18 heavy (non-hydrogen) atoms. The van der Waals surface area contributed by atoms with E-state index in [1.54, 1.807) is 11.3 Å². The predicted octanol–water partition coefficient (Wildman–Crippen LogP) is 2.87. The van der Waals surface area contributed by atoms with Crippen LogP contribution in [-0.2, 0) is 13.0 Å². The van der Waals surface area contributed by atoms with E-state index >= 15 is 0 Å². The van der Waals surface area contributed by atoms with Crippen molar-refractivity contribution in [1.29, 1.82) is 0 Å². The van der Waals surface area contributed by atoms with Crippen LogP contribution in [0.5, 0.6) is 0 Å². The Balaban J connectivity index is 2.37. The Hall–Kier alpha value is -1.05. The first kappa shape index (κ1) is 13.4. The number of nitrogens with zero attached hydrogens (tertiary/aromatic N) is 3. The molecule has 0 atom stereocenters. The largest absolute Gasteiger partial charge is 0.408 e. The average molecular weight is 284 g/mol. The maximum Gasteiger partial charge on any atom is 0.284 e. The lowest BCUT2D eigenvalue weighted by molar-refractivity contribution is 0.401. The second kappa shape index (κ2) is 5.73. The maximum atomic E-state index is 5.38. The fraction of sp³-hybridized carbons (Fsp3) is 0.545. The summed E-state index contributed by atoms with van der Waals surface area (Å²) in [5.74, 6) is 0.547. The number of hydrogen-bond acceptors (Lipinski definition) is 6. The molecule has 1 N–H and O–H groups in total. The first-order valence-electron chi connectivity index (χ1n) is 5.79. The standard InChI is InChI=1S/C11H16N4OS2/c1-4-5-7-9(10-13-14-11(17)16-10)18-8(12-7)6-15(2)3/h4-6H2,1-3H3,(H,14,17). The molecule has 0 amide bonds. The minimum atomic E-state index is 0.301. The van der Waals surface area contributed by atoms with Crippen LogP contribution in [0.4, 0.5) is 0 Å². The zero-order chi connectivity index (χ0) is 13.1. The summed E-state index contributed by atoms with van der Waals surface area (Å²) in [6.07, 6.45) is 1.97. The molecule has 0 aliphatic rings. The van der Waals surface area contributed by atoms with Gasteiger partial charge in [-0.3, -0.25) is 0 Å². The van der Waals surface area contributed by atoms with Gasteiger partial charge in [-0.05, 0) is 32.7 Å². The highest BCUT2D eigenvalue weighted by Crippen LogP contribution is 2.30. The lowest BCUT2D eigenvalue weighted by atomic mass is 10.2. The van der Waals surface area contributed by atoms with Crippen molar-refractivity contribution in [2.45, 2.75) is 26.3 Å². The molecule has 0 saturated carbocycles. The zero-order valence-corrected chi connectivity index (χ0v) is 12.3. The van der Waals surface area contributed by atoms with Crippen LogP contribution >= 0.6 is 23.6 Å². The Labute approximate surface area is 115 Å². The molecule has 0 aromatic carbocycles. The van der Waals surface area contributed by atoms with E-state index in [0.717, 1.165) is 35.0 Å². The minimum absolute atomic E-state index is 0.301. The minimum Gasteiger partial charge on any atom is -0.408 e. The second-order valence-electron chi connectivity index (χ2n) is 4.29. The van der Waals surface area contributed by atoms with Crippen molar-refractivity contribution < 1.29 is 4.42 Å². The summed E-state index contributed by atoms with van der Waals surface area (Å²) in [6, 6.07) is 0. The summed E-state index contributed by atoms with van der Waals surface area (Å²) in [4.78, 5) is 8.04. The third-order valence-corrected chi connectivity index (χ3v) is 3.56. The van der Waals surface area contributed by atoms with Gasteiger partial charge in [-0.2, -0.15) is 0 Å². The Morgan fingerprint density at radius 2 is 2.22 bits per heavy atom. The number of aryl methyl sites for hydroxylation is 1. The number of nitrogens with one attached hydrogen (secondary N) is 1. The van der Waals surface area contributed by atoms with Crippen LogP contribution < -0.4 is 0 Å². The van der Waals surface area contributed by atoms with Gasteiger partial charge in [-0.25, -0.2) is 10.1 Å². The van der Waals surface area contributed by atoms with Crippen molar-refractivity contribution in [2.75, 3.05) is 14.1 Å². The molecular formula is C11H16N4OS2. The van der Waals surface area contributed by atoms with Crippen LogP contribution in [0.2, 0.25) is 0 Å². The lowest BCUT2D eigenvalue weighted by Crippen LogP contribution is -2.10. The van der Waals surface area contributed by atoms with E-state index < -0.39 is 0 Å². The lowest BCUT2D eigenvalue weighted by Gasteiger charge is -2.04. The summed E-state index contributed by atoms with van der Waals surface area (Å²) < 4.78 is 5.38. The average Bonchev–Trinajstić information content (AvgIpc) is 2.85. The predicted molar refractivity (Wildman–Crippen MR) is 74.2 cm³/mol.